The highest BCUT2D eigenvalue weighted by atomic mass is 15.3. The monoisotopic (exact) mass is 299 g/mol. The van der Waals surface area contributed by atoms with E-state index in [0.717, 1.165) is 49.0 Å². The number of nitrogens with zero attached hydrogens (tertiary/aromatic N) is 3. The van der Waals surface area contributed by atoms with Crippen LogP contribution in [0.5, 0.6) is 0 Å². The Labute approximate surface area is 132 Å². The molecule has 22 heavy (non-hydrogen) atoms. The lowest BCUT2D eigenvalue weighted by molar-refractivity contribution is 0.112. The van der Waals surface area contributed by atoms with E-state index in [1.54, 1.807) is 0 Å². The Morgan fingerprint density at radius 1 is 1.18 bits per heavy atom. The predicted octanol–water partition coefficient (Wildman–Crippen LogP) is 1.63. The summed E-state index contributed by atoms with van der Waals surface area (Å²) in [4.78, 5) is 13.1. The maximum atomic E-state index is 6.08. The van der Waals surface area contributed by atoms with Gasteiger partial charge in [0.2, 0.25) is 0 Å². The van der Waals surface area contributed by atoms with Crippen LogP contribution in [0, 0.1) is 6.92 Å². The van der Waals surface area contributed by atoms with Crippen molar-refractivity contribution in [3.8, 4) is 11.4 Å². The van der Waals surface area contributed by atoms with Crippen LogP contribution >= 0.6 is 0 Å². The SMILES string of the molecule is Cc1[nH]c(-c2ccccc2)nc1C(CN)N1CCN(C)CC1. The zero-order valence-electron chi connectivity index (χ0n) is 13.4. The van der Waals surface area contributed by atoms with Crippen LogP contribution in [-0.2, 0) is 0 Å². The van der Waals surface area contributed by atoms with Crippen molar-refractivity contribution in [2.45, 2.75) is 13.0 Å². The van der Waals surface area contributed by atoms with Crippen molar-refractivity contribution in [2.24, 2.45) is 5.73 Å². The molecule has 3 N–H and O–H groups in total. The average molecular weight is 299 g/mol. The fraction of sp³-hybridized carbons (Fsp3) is 0.471. The third-order valence-corrected chi connectivity index (χ3v) is 4.49. The molecule has 0 bridgehead atoms. The molecular formula is C17H25N5. The largest absolute Gasteiger partial charge is 0.342 e. The molecule has 2 aromatic rings. The van der Waals surface area contributed by atoms with Gasteiger partial charge in [0.1, 0.15) is 5.82 Å². The zero-order chi connectivity index (χ0) is 15.5. The van der Waals surface area contributed by atoms with Gasteiger partial charge >= 0.3 is 0 Å². The van der Waals surface area contributed by atoms with Crippen molar-refractivity contribution < 1.29 is 0 Å². The summed E-state index contributed by atoms with van der Waals surface area (Å²) < 4.78 is 0. The molecule has 1 aromatic carbocycles. The topological polar surface area (TPSA) is 61.2 Å². The van der Waals surface area contributed by atoms with E-state index in [9.17, 15) is 0 Å². The van der Waals surface area contributed by atoms with E-state index >= 15 is 0 Å². The molecule has 0 radical (unpaired) electrons. The van der Waals surface area contributed by atoms with Crippen LogP contribution in [0.2, 0.25) is 0 Å². The van der Waals surface area contributed by atoms with Gasteiger partial charge in [0.05, 0.1) is 11.7 Å². The molecule has 0 saturated carbocycles. The summed E-state index contributed by atoms with van der Waals surface area (Å²) in [7, 11) is 2.17. The Bertz CT molecular complexity index is 599. The molecule has 118 valence electrons. The van der Waals surface area contributed by atoms with Gasteiger partial charge in [-0.2, -0.15) is 0 Å². The average Bonchev–Trinajstić information content (AvgIpc) is 2.93. The molecule has 5 nitrogen and oxygen atoms in total. The van der Waals surface area contributed by atoms with Crippen LogP contribution in [0.15, 0.2) is 30.3 Å². The molecule has 0 spiro atoms. The smallest absolute Gasteiger partial charge is 0.137 e. The van der Waals surface area contributed by atoms with Crippen molar-refractivity contribution in [3.05, 3.63) is 41.7 Å². The molecule has 1 aromatic heterocycles. The van der Waals surface area contributed by atoms with Crippen LogP contribution in [0.25, 0.3) is 11.4 Å². The first-order valence-corrected chi connectivity index (χ1v) is 7.93. The number of nitrogens with one attached hydrogen (secondary N) is 1. The lowest BCUT2D eigenvalue weighted by Gasteiger charge is -2.37. The number of aromatic amines is 1. The van der Waals surface area contributed by atoms with Gasteiger partial charge in [-0.05, 0) is 14.0 Å². The molecule has 1 atom stereocenters. The van der Waals surface area contributed by atoms with Gasteiger partial charge in [0.15, 0.2) is 0 Å². The van der Waals surface area contributed by atoms with Gasteiger partial charge in [-0.1, -0.05) is 30.3 Å². The summed E-state index contributed by atoms with van der Waals surface area (Å²) in [5.74, 6) is 0.931. The minimum atomic E-state index is 0.197. The molecule has 5 heteroatoms. The molecule has 1 saturated heterocycles. The summed E-state index contributed by atoms with van der Waals surface area (Å²) in [6.07, 6.45) is 0. The highest BCUT2D eigenvalue weighted by Gasteiger charge is 2.26. The number of likely N-dealkylation sites (N-methyl/N-ethyl adjacent to an activating group) is 1. The van der Waals surface area contributed by atoms with Crippen molar-refractivity contribution >= 4 is 0 Å². The molecule has 0 aliphatic carbocycles. The van der Waals surface area contributed by atoms with E-state index in [1.807, 2.05) is 18.2 Å². The second-order valence-electron chi connectivity index (χ2n) is 6.05. The van der Waals surface area contributed by atoms with Gasteiger partial charge in [-0.25, -0.2) is 4.98 Å². The van der Waals surface area contributed by atoms with Crippen LogP contribution in [0.3, 0.4) is 0 Å². The number of piperazine rings is 1. The second-order valence-corrected chi connectivity index (χ2v) is 6.05. The maximum Gasteiger partial charge on any atom is 0.137 e. The third kappa shape index (κ3) is 3.06. The van der Waals surface area contributed by atoms with Gasteiger partial charge in [-0.15, -0.1) is 0 Å². The quantitative estimate of drug-likeness (QED) is 0.901. The third-order valence-electron chi connectivity index (χ3n) is 4.49. The van der Waals surface area contributed by atoms with Crippen molar-refractivity contribution in [2.75, 3.05) is 39.8 Å². The fourth-order valence-corrected chi connectivity index (χ4v) is 3.10. The summed E-state index contributed by atoms with van der Waals surface area (Å²) >= 11 is 0. The number of hydrogen-bond acceptors (Lipinski definition) is 4. The molecule has 1 fully saturated rings. The Morgan fingerprint density at radius 2 is 1.86 bits per heavy atom. The maximum absolute atomic E-state index is 6.08. The van der Waals surface area contributed by atoms with Crippen LogP contribution in [-0.4, -0.2) is 59.5 Å². The molecule has 1 unspecified atom stereocenters. The number of rotatable bonds is 4. The number of aromatic nitrogens is 2. The minimum absolute atomic E-state index is 0.197. The molecule has 3 rings (SSSR count). The lowest BCUT2D eigenvalue weighted by atomic mass is 10.1. The summed E-state index contributed by atoms with van der Waals surface area (Å²) in [6, 6.07) is 10.4. The lowest BCUT2D eigenvalue weighted by Crippen LogP contribution is -2.47. The molecular weight excluding hydrogens is 274 g/mol. The van der Waals surface area contributed by atoms with Gasteiger partial charge in [0.25, 0.3) is 0 Å². The van der Waals surface area contributed by atoms with Gasteiger partial charge in [0, 0.05) is 44.0 Å². The van der Waals surface area contributed by atoms with E-state index in [2.05, 4.69) is 40.9 Å². The summed E-state index contributed by atoms with van der Waals surface area (Å²) in [6.45, 7) is 6.96. The minimum Gasteiger partial charge on any atom is -0.342 e. The number of H-pyrrole nitrogens is 1. The van der Waals surface area contributed by atoms with Gasteiger partial charge in [-0.3, -0.25) is 4.90 Å². The predicted molar refractivity (Wildman–Crippen MR) is 89.6 cm³/mol. The normalized spacial score (nSPS) is 18.5. The first kappa shape index (κ1) is 15.2. The first-order valence-electron chi connectivity index (χ1n) is 7.93. The summed E-state index contributed by atoms with van der Waals surface area (Å²) in [5, 5.41) is 0. The number of aryl methyl sites for hydroxylation is 1. The van der Waals surface area contributed by atoms with E-state index in [-0.39, 0.29) is 6.04 Å². The van der Waals surface area contributed by atoms with Crippen LogP contribution < -0.4 is 5.73 Å². The van der Waals surface area contributed by atoms with E-state index in [1.165, 1.54) is 0 Å². The highest BCUT2D eigenvalue weighted by molar-refractivity contribution is 5.55. The summed E-state index contributed by atoms with van der Waals surface area (Å²) in [5.41, 5.74) is 9.40. The van der Waals surface area contributed by atoms with Crippen LogP contribution in [0.4, 0.5) is 0 Å². The number of hydrogen-bond donors (Lipinski definition) is 2. The number of imidazole rings is 1. The Kier molecular flexibility index (Phi) is 4.57. The molecule has 1 aliphatic rings. The Balaban J connectivity index is 1.85. The molecule has 0 amide bonds. The fourth-order valence-electron chi connectivity index (χ4n) is 3.10. The molecule has 2 heterocycles. The number of nitrogens with two attached hydrogens (primary N) is 1. The van der Waals surface area contributed by atoms with E-state index in [4.69, 9.17) is 10.7 Å². The van der Waals surface area contributed by atoms with E-state index < -0.39 is 0 Å². The Morgan fingerprint density at radius 3 is 2.50 bits per heavy atom. The van der Waals surface area contributed by atoms with Gasteiger partial charge < -0.3 is 15.6 Å². The van der Waals surface area contributed by atoms with Crippen molar-refractivity contribution in [1.29, 1.82) is 0 Å². The van der Waals surface area contributed by atoms with Crippen LogP contribution in [0.1, 0.15) is 17.4 Å². The van der Waals surface area contributed by atoms with E-state index in [0.29, 0.717) is 6.54 Å². The molecule has 1 aliphatic heterocycles. The zero-order valence-corrected chi connectivity index (χ0v) is 13.4. The standard InChI is InChI=1S/C17H25N5/c1-13-16(15(12-18)22-10-8-21(2)9-11-22)20-17(19-13)14-6-4-3-5-7-14/h3-7,15H,8-12,18H2,1-2H3,(H,19,20). The van der Waals surface area contributed by atoms with Crippen molar-refractivity contribution in [3.63, 3.8) is 0 Å². The second kappa shape index (κ2) is 6.60. The first-order chi connectivity index (χ1) is 10.7. The number of benzene rings is 1. The Hall–Kier alpha value is -1.69. The van der Waals surface area contributed by atoms with Crippen molar-refractivity contribution in [1.82, 2.24) is 19.8 Å². The highest BCUT2D eigenvalue weighted by Crippen LogP contribution is 2.25.